The maximum absolute atomic E-state index is 11.3. The van der Waals surface area contributed by atoms with Gasteiger partial charge >= 0.3 is 11.9 Å². The summed E-state index contributed by atoms with van der Waals surface area (Å²) >= 11 is 0. The predicted octanol–water partition coefficient (Wildman–Crippen LogP) is 1.60. The number of esters is 2. The van der Waals surface area contributed by atoms with Gasteiger partial charge in [-0.1, -0.05) is 0 Å². The van der Waals surface area contributed by atoms with E-state index < -0.39 is 28.4 Å². The number of nitrogens with two attached hydrogens (primary N) is 1. The van der Waals surface area contributed by atoms with E-state index in [9.17, 15) is 14.7 Å². The van der Waals surface area contributed by atoms with Crippen molar-refractivity contribution < 1.29 is 29.0 Å². The SMILES string of the molecule is CC(C)(C)OC(=O)C1(O)CC1.CC(C)(C)OC(=O)C1(ON)CC1. The minimum Gasteiger partial charge on any atom is -0.458 e. The molecule has 2 rings (SSSR count). The number of hydrogen-bond donors (Lipinski definition) is 2. The number of hydrogen-bond acceptors (Lipinski definition) is 7. The molecule has 0 saturated heterocycles. The van der Waals surface area contributed by atoms with Crippen LogP contribution in [0.5, 0.6) is 0 Å². The van der Waals surface area contributed by atoms with E-state index >= 15 is 0 Å². The molecule has 0 unspecified atom stereocenters. The van der Waals surface area contributed by atoms with Gasteiger partial charge in [0.2, 0.25) is 0 Å². The molecule has 23 heavy (non-hydrogen) atoms. The highest BCUT2D eigenvalue weighted by molar-refractivity contribution is 5.83. The monoisotopic (exact) mass is 331 g/mol. The standard InChI is InChI=1S/C8H15NO3.C8H14O3/c1-7(2,3)11-6(10)8(12-9)4-5-8;1-7(2,3)11-6(9)8(10)4-5-8/h4-5,9H2,1-3H3;10H,4-5H2,1-3H3. The predicted molar refractivity (Wildman–Crippen MR) is 83.1 cm³/mol. The molecule has 0 amide bonds. The maximum Gasteiger partial charge on any atom is 0.341 e. The Bertz CT molecular complexity index is 452. The smallest absolute Gasteiger partial charge is 0.341 e. The van der Waals surface area contributed by atoms with Gasteiger partial charge < -0.3 is 14.6 Å². The second kappa shape index (κ2) is 6.37. The van der Waals surface area contributed by atoms with Gasteiger partial charge in [-0.25, -0.2) is 15.5 Å². The van der Waals surface area contributed by atoms with Crippen molar-refractivity contribution in [3.05, 3.63) is 0 Å². The summed E-state index contributed by atoms with van der Waals surface area (Å²) in [4.78, 5) is 27.0. The molecule has 7 heteroatoms. The van der Waals surface area contributed by atoms with Crippen molar-refractivity contribution in [2.45, 2.75) is 89.6 Å². The molecule has 0 aliphatic heterocycles. The van der Waals surface area contributed by atoms with Crippen molar-refractivity contribution in [2.75, 3.05) is 0 Å². The van der Waals surface area contributed by atoms with E-state index in [0.29, 0.717) is 25.7 Å². The van der Waals surface area contributed by atoms with Crippen LogP contribution >= 0.6 is 0 Å². The summed E-state index contributed by atoms with van der Waals surface area (Å²) in [5, 5.41) is 9.29. The van der Waals surface area contributed by atoms with Crippen LogP contribution in [0.15, 0.2) is 0 Å². The van der Waals surface area contributed by atoms with Crippen LogP contribution in [0.1, 0.15) is 67.2 Å². The van der Waals surface area contributed by atoms with Crippen LogP contribution in [-0.4, -0.2) is 39.4 Å². The highest BCUT2D eigenvalue weighted by Gasteiger charge is 2.54. The van der Waals surface area contributed by atoms with Crippen molar-refractivity contribution in [3.8, 4) is 0 Å². The van der Waals surface area contributed by atoms with Gasteiger partial charge in [-0.05, 0) is 67.2 Å². The fraction of sp³-hybridized carbons (Fsp3) is 0.875. The van der Waals surface area contributed by atoms with Crippen LogP contribution in [0, 0.1) is 0 Å². The summed E-state index contributed by atoms with van der Waals surface area (Å²) in [5.74, 6) is 4.16. The third-order valence-corrected chi connectivity index (χ3v) is 3.20. The Hall–Kier alpha value is -1.18. The average Bonchev–Trinajstić information content (AvgIpc) is 3.21. The lowest BCUT2D eigenvalue weighted by Crippen LogP contribution is -2.36. The Morgan fingerprint density at radius 3 is 1.52 bits per heavy atom. The first kappa shape index (κ1) is 19.9. The molecule has 0 bridgehead atoms. The van der Waals surface area contributed by atoms with Gasteiger partial charge in [-0.15, -0.1) is 0 Å². The van der Waals surface area contributed by atoms with E-state index in [1.165, 1.54) is 0 Å². The Kier molecular flexibility index (Phi) is 5.51. The molecule has 0 aromatic carbocycles. The zero-order valence-electron chi connectivity index (χ0n) is 14.9. The normalized spacial score (nSPS) is 20.7. The lowest BCUT2D eigenvalue weighted by atomic mass is 10.2. The largest absolute Gasteiger partial charge is 0.458 e. The number of ether oxygens (including phenoxy) is 2. The summed E-state index contributed by atoms with van der Waals surface area (Å²) in [6, 6.07) is 0. The lowest BCUT2D eigenvalue weighted by molar-refractivity contribution is -0.172. The quantitative estimate of drug-likeness (QED) is 0.597. The van der Waals surface area contributed by atoms with Crippen molar-refractivity contribution >= 4 is 11.9 Å². The van der Waals surface area contributed by atoms with Crippen molar-refractivity contribution in [1.82, 2.24) is 0 Å². The second-order valence-electron chi connectivity index (χ2n) is 8.15. The van der Waals surface area contributed by atoms with E-state index in [1.54, 1.807) is 20.8 Å². The molecule has 0 aromatic heterocycles. The van der Waals surface area contributed by atoms with Crippen molar-refractivity contribution in [2.24, 2.45) is 5.90 Å². The average molecular weight is 331 g/mol. The highest BCUT2D eigenvalue weighted by Crippen LogP contribution is 2.40. The molecule has 134 valence electrons. The molecule has 0 radical (unpaired) electrons. The van der Waals surface area contributed by atoms with Gasteiger partial charge in [0.1, 0.15) is 11.2 Å². The molecule has 7 nitrogen and oxygen atoms in total. The Labute approximate surface area is 137 Å². The maximum atomic E-state index is 11.3. The third-order valence-electron chi connectivity index (χ3n) is 3.20. The number of carbonyl (C=O) groups is 2. The first-order chi connectivity index (χ1) is 10.2. The van der Waals surface area contributed by atoms with Crippen LogP contribution in [0.4, 0.5) is 0 Å². The van der Waals surface area contributed by atoms with E-state index in [2.05, 4.69) is 4.84 Å². The number of aliphatic hydroxyl groups is 1. The molecule has 2 fully saturated rings. The topological polar surface area (TPSA) is 108 Å². The van der Waals surface area contributed by atoms with Crippen LogP contribution in [0.2, 0.25) is 0 Å². The van der Waals surface area contributed by atoms with Crippen molar-refractivity contribution in [3.63, 3.8) is 0 Å². The van der Waals surface area contributed by atoms with Gasteiger partial charge in [0.25, 0.3) is 0 Å². The summed E-state index contributed by atoms with van der Waals surface area (Å²) in [6.07, 6.45) is 2.42. The van der Waals surface area contributed by atoms with Crippen LogP contribution in [0.25, 0.3) is 0 Å². The summed E-state index contributed by atoms with van der Waals surface area (Å²) in [6.45, 7) is 10.8. The molecule has 3 N–H and O–H groups in total. The molecular formula is C16H29NO6. The molecule has 0 spiro atoms. The summed E-state index contributed by atoms with van der Waals surface area (Å²) in [7, 11) is 0. The summed E-state index contributed by atoms with van der Waals surface area (Å²) in [5.41, 5.74) is -2.93. The molecule has 0 aromatic rings. The molecule has 0 atom stereocenters. The Morgan fingerprint density at radius 1 is 0.870 bits per heavy atom. The Morgan fingerprint density at radius 2 is 1.26 bits per heavy atom. The van der Waals surface area contributed by atoms with Crippen molar-refractivity contribution in [1.29, 1.82) is 0 Å². The lowest BCUT2D eigenvalue weighted by Gasteiger charge is -2.22. The minimum absolute atomic E-state index is 0.350. The fourth-order valence-corrected chi connectivity index (χ4v) is 1.55. The van der Waals surface area contributed by atoms with E-state index in [-0.39, 0.29) is 5.97 Å². The minimum atomic E-state index is -1.15. The molecule has 2 aliphatic rings. The second-order valence-corrected chi connectivity index (χ2v) is 8.15. The zero-order chi connectivity index (χ0) is 18.1. The van der Waals surface area contributed by atoms with E-state index in [1.807, 2.05) is 20.8 Å². The number of carbonyl (C=O) groups excluding carboxylic acids is 2. The molecule has 0 heterocycles. The van der Waals surface area contributed by atoms with Gasteiger partial charge in [0, 0.05) is 0 Å². The van der Waals surface area contributed by atoms with Gasteiger partial charge in [0.15, 0.2) is 11.2 Å². The molecular weight excluding hydrogens is 302 g/mol. The van der Waals surface area contributed by atoms with Crippen LogP contribution < -0.4 is 5.90 Å². The highest BCUT2D eigenvalue weighted by atomic mass is 16.7. The Balaban J connectivity index is 0.000000231. The zero-order valence-corrected chi connectivity index (χ0v) is 14.9. The first-order valence-electron chi connectivity index (χ1n) is 7.80. The first-order valence-corrected chi connectivity index (χ1v) is 7.80. The van der Waals surface area contributed by atoms with Gasteiger partial charge in [-0.2, -0.15) is 0 Å². The molecule has 2 saturated carbocycles. The van der Waals surface area contributed by atoms with E-state index in [4.69, 9.17) is 15.4 Å². The number of rotatable bonds is 3. The third kappa shape index (κ3) is 6.45. The van der Waals surface area contributed by atoms with Gasteiger partial charge in [0.05, 0.1) is 0 Å². The molecule has 2 aliphatic carbocycles. The van der Waals surface area contributed by atoms with Crippen LogP contribution in [-0.2, 0) is 23.9 Å². The van der Waals surface area contributed by atoms with E-state index in [0.717, 1.165) is 0 Å². The fourth-order valence-electron chi connectivity index (χ4n) is 1.55. The summed E-state index contributed by atoms with van der Waals surface area (Å²) < 4.78 is 10.1. The van der Waals surface area contributed by atoms with Crippen LogP contribution in [0.3, 0.4) is 0 Å². The van der Waals surface area contributed by atoms with Gasteiger partial charge in [-0.3, -0.25) is 4.84 Å².